The van der Waals surface area contributed by atoms with Crippen LogP contribution in [0.25, 0.3) is 0 Å². The molecule has 0 aliphatic carbocycles. The van der Waals surface area contributed by atoms with Crippen LogP contribution in [0.3, 0.4) is 0 Å². The van der Waals surface area contributed by atoms with Crippen LogP contribution in [0.4, 0.5) is 4.39 Å². The predicted octanol–water partition coefficient (Wildman–Crippen LogP) is 2.76. The molecule has 0 bridgehead atoms. The number of hydrogen-bond donors (Lipinski definition) is 2. The van der Waals surface area contributed by atoms with E-state index in [0.29, 0.717) is 22.6 Å². The molecule has 0 aliphatic rings. The van der Waals surface area contributed by atoms with E-state index in [1.165, 1.54) is 24.6 Å². The van der Waals surface area contributed by atoms with Gasteiger partial charge in [0.15, 0.2) is 0 Å². The van der Waals surface area contributed by atoms with E-state index in [1.807, 2.05) is 0 Å². The summed E-state index contributed by atoms with van der Waals surface area (Å²) in [5.74, 6) is -0.960. The Balaban J connectivity index is 1.48. The van der Waals surface area contributed by atoms with Gasteiger partial charge >= 0.3 is 11.8 Å². The Kier molecular flexibility index (Phi) is 6.72. The normalized spacial score (nSPS) is 10.7. The van der Waals surface area contributed by atoms with Crippen LogP contribution in [0.15, 0.2) is 76.4 Å². The van der Waals surface area contributed by atoms with E-state index in [-0.39, 0.29) is 19.0 Å². The van der Waals surface area contributed by atoms with E-state index >= 15 is 0 Å². The lowest BCUT2D eigenvalue weighted by molar-refractivity contribution is -0.139. The van der Waals surface area contributed by atoms with Gasteiger partial charge in [0.2, 0.25) is 0 Å². The number of nitrogens with zero attached hydrogens (tertiary/aromatic N) is 1. The van der Waals surface area contributed by atoms with Crippen molar-refractivity contribution in [3.05, 3.63) is 89.6 Å². The maximum absolute atomic E-state index is 13.2. The Hall–Kier alpha value is -3.94. The molecule has 3 rings (SSSR count). The van der Waals surface area contributed by atoms with Crippen LogP contribution in [0, 0.1) is 5.82 Å². The quantitative estimate of drug-likeness (QED) is 0.366. The number of benzene rings is 2. The average molecular weight is 395 g/mol. The molecule has 1 aromatic heterocycles. The predicted molar refractivity (Wildman–Crippen MR) is 103 cm³/mol. The number of carbonyl (C=O) groups is 2. The van der Waals surface area contributed by atoms with Gasteiger partial charge in [-0.05, 0) is 47.5 Å². The highest BCUT2D eigenvalue weighted by molar-refractivity contribution is 6.35. The Morgan fingerprint density at radius 1 is 1.07 bits per heavy atom. The number of halogens is 1. The van der Waals surface area contributed by atoms with Crippen molar-refractivity contribution in [1.82, 2.24) is 10.7 Å². The molecule has 7 nitrogen and oxygen atoms in total. The lowest BCUT2D eigenvalue weighted by atomic mass is 10.2. The second-order valence-corrected chi connectivity index (χ2v) is 5.95. The first kappa shape index (κ1) is 19.8. The molecule has 148 valence electrons. The fourth-order valence-corrected chi connectivity index (χ4v) is 2.36. The molecule has 29 heavy (non-hydrogen) atoms. The number of nitrogens with one attached hydrogen (secondary N) is 2. The van der Waals surface area contributed by atoms with Crippen LogP contribution in [0.2, 0.25) is 0 Å². The Morgan fingerprint density at radius 3 is 2.72 bits per heavy atom. The summed E-state index contributed by atoms with van der Waals surface area (Å²) in [6.07, 6.45) is 2.86. The van der Waals surface area contributed by atoms with Gasteiger partial charge in [0.05, 0.1) is 19.0 Å². The minimum Gasteiger partial charge on any atom is -0.489 e. The number of hydrazone groups is 1. The van der Waals surface area contributed by atoms with Gasteiger partial charge in [0, 0.05) is 0 Å². The number of hydrogen-bond acceptors (Lipinski definition) is 5. The molecule has 0 spiro atoms. The lowest BCUT2D eigenvalue weighted by Gasteiger charge is -2.07. The molecule has 1 heterocycles. The van der Waals surface area contributed by atoms with Gasteiger partial charge in [0.1, 0.15) is 23.9 Å². The zero-order valence-corrected chi connectivity index (χ0v) is 15.3. The highest BCUT2D eigenvalue weighted by Crippen LogP contribution is 2.14. The highest BCUT2D eigenvalue weighted by atomic mass is 19.1. The van der Waals surface area contributed by atoms with E-state index in [1.54, 1.807) is 48.5 Å². The number of rotatable bonds is 7. The molecule has 2 aromatic carbocycles. The van der Waals surface area contributed by atoms with Crippen LogP contribution in [0.5, 0.6) is 5.75 Å². The van der Waals surface area contributed by atoms with E-state index in [2.05, 4.69) is 15.8 Å². The van der Waals surface area contributed by atoms with Gasteiger partial charge in [-0.3, -0.25) is 9.59 Å². The van der Waals surface area contributed by atoms with Crippen LogP contribution >= 0.6 is 0 Å². The van der Waals surface area contributed by atoms with Gasteiger partial charge in [-0.1, -0.05) is 24.3 Å². The third kappa shape index (κ3) is 6.31. The zero-order chi connectivity index (χ0) is 20.5. The third-order valence-electron chi connectivity index (χ3n) is 3.74. The standard InChI is InChI=1S/C21H18FN3O4/c22-17-6-1-5-16(10-17)14-29-18-7-2-4-15(11-18)12-24-25-21(27)20(26)23-13-19-8-3-9-28-19/h1-12H,13-14H2,(H,23,26)(H,25,27)/b24-12-. The summed E-state index contributed by atoms with van der Waals surface area (Å²) < 4.78 is 23.9. The first-order valence-corrected chi connectivity index (χ1v) is 8.71. The number of carbonyl (C=O) groups excluding carboxylic acids is 2. The third-order valence-corrected chi connectivity index (χ3v) is 3.74. The van der Waals surface area contributed by atoms with E-state index < -0.39 is 11.8 Å². The van der Waals surface area contributed by atoms with Crippen molar-refractivity contribution in [3.8, 4) is 5.75 Å². The average Bonchev–Trinajstić information content (AvgIpc) is 3.24. The van der Waals surface area contributed by atoms with Crippen molar-refractivity contribution in [2.45, 2.75) is 13.2 Å². The second-order valence-electron chi connectivity index (χ2n) is 5.95. The van der Waals surface area contributed by atoms with Crippen molar-refractivity contribution < 1.29 is 23.1 Å². The summed E-state index contributed by atoms with van der Waals surface area (Å²) in [6.45, 7) is 0.318. The molecule has 2 amide bonds. The Morgan fingerprint density at radius 2 is 1.93 bits per heavy atom. The number of ether oxygens (including phenoxy) is 1. The van der Waals surface area contributed by atoms with Crippen molar-refractivity contribution in [2.24, 2.45) is 5.10 Å². The summed E-state index contributed by atoms with van der Waals surface area (Å²) in [7, 11) is 0. The summed E-state index contributed by atoms with van der Waals surface area (Å²) in [5, 5.41) is 6.18. The van der Waals surface area contributed by atoms with Crippen LogP contribution < -0.4 is 15.5 Å². The molecule has 8 heteroatoms. The number of furan rings is 1. The van der Waals surface area contributed by atoms with E-state index in [9.17, 15) is 14.0 Å². The minimum absolute atomic E-state index is 0.105. The minimum atomic E-state index is -0.897. The zero-order valence-electron chi connectivity index (χ0n) is 15.3. The maximum atomic E-state index is 13.2. The molecule has 0 fully saturated rings. The SMILES string of the molecule is O=C(NCc1ccco1)C(=O)N/N=C\c1cccc(OCc2cccc(F)c2)c1. The van der Waals surface area contributed by atoms with Crippen molar-refractivity contribution in [2.75, 3.05) is 0 Å². The maximum Gasteiger partial charge on any atom is 0.329 e. The monoisotopic (exact) mass is 395 g/mol. The van der Waals surface area contributed by atoms with Crippen molar-refractivity contribution in [1.29, 1.82) is 0 Å². The van der Waals surface area contributed by atoms with Crippen molar-refractivity contribution >= 4 is 18.0 Å². The molecular weight excluding hydrogens is 377 g/mol. The smallest absolute Gasteiger partial charge is 0.329 e. The lowest BCUT2D eigenvalue weighted by Crippen LogP contribution is -2.37. The number of amides is 2. The fraction of sp³-hybridized carbons (Fsp3) is 0.0952. The molecule has 0 aliphatic heterocycles. The molecule has 0 saturated carbocycles. The van der Waals surface area contributed by atoms with Crippen LogP contribution in [0.1, 0.15) is 16.9 Å². The van der Waals surface area contributed by atoms with Gasteiger partial charge in [-0.15, -0.1) is 0 Å². The summed E-state index contributed by atoms with van der Waals surface area (Å²) in [4.78, 5) is 23.4. The molecule has 0 saturated heterocycles. The molecule has 2 N–H and O–H groups in total. The van der Waals surface area contributed by atoms with Gasteiger partial charge in [-0.2, -0.15) is 5.10 Å². The topological polar surface area (TPSA) is 92.9 Å². The van der Waals surface area contributed by atoms with Crippen LogP contribution in [-0.4, -0.2) is 18.0 Å². The van der Waals surface area contributed by atoms with Crippen LogP contribution in [-0.2, 0) is 22.7 Å². The van der Waals surface area contributed by atoms with Gasteiger partial charge in [0.25, 0.3) is 0 Å². The highest BCUT2D eigenvalue weighted by Gasteiger charge is 2.12. The van der Waals surface area contributed by atoms with Gasteiger partial charge in [-0.25, -0.2) is 9.82 Å². The first-order chi connectivity index (χ1) is 14.1. The second kappa shape index (κ2) is 9.84. The molecule has 0 radical (unpaired) electrons. The Labute approximate surface area is 166 Å². The molecule has 0 unspecified atom stereocenters. The van der Waals surface area contributed by atoms with Crippen molar-refractivity contribution in [3.63, 3.8) is 0 Å². The molecule has 3 aromatic rings. The first-order valence-electron chi connectivity index (χ1n) is 8.71. The van der Waals surface area contributed by atoms with E-state index in [0.717, 1.165) is 0 Å². The van der Waals surface area contributed by atoms with Gasteiger partial charge < -0.3 is 14.5 Å². The molecule has 0 atom stereocenters. The summed E-state index contributed by atoms with van der Waals surface area (Å²) in [5.41, 5.74) is 3.51. The summed E-state index contributed by atoms with van der Waals surface area (Å²) in [6, 6.07) is 16.5. The fourth-order valence-electron chi connectivity index (χ4n) is 2.36. The Bertz CT molecular complexity index is 1000. The largest absolute Gasteiger partial charge is 0.489 e. The molecular formula is C21H18FN3O4. The summed E-state index contributed by atoms with van der Waals surface area (Å²) >= 11 is 0. The van der Waals surface area contributed by atoms with E-state index in [4.69, 9.17) is 9.15 Å².